The van der Waals surface area contributed by atoms with Crippen molar-refractivity contribution in [1.82, 2.24) is 19.4 Å². The number of hydrogen-bond acceptors (Lipinski definition) is 8. The summed E-state index contributed by atoms with van der Waals surface area (Å²) in [4.78, 5) is 54.4. The first-order valence-corrected chi connectivity index (χ1v) is 18.6. The number of aromatic nitrogens is 2. The van der Waals surface area contributed by atoms with E-state index in [2.05, 4.69) is 9.88 Å². The van der Waals surface area contributed by atoms with Crippen molar-refractivity contribution < 1.29 is 65.5 Å². The third-order valence-electron chi connectivity index (χ3n) is 9.66. The van der Waals surface area contributed by atoms with Gasteiger partial charge in [0.25, 0.3) is 5.56 Å². The zero-order chi connectivity index (χ0) is 45.2. The highest BCUT2D eigenvalue weighted by Crippen LogP contribution is 2.31. The molecule has 0 saturated carbocycles. The van der Waals surface area contributed by atoms with Crippen LogP contribution in [0.4, 0.5) is 30.7 Å². The summed E-state index contributed by atoms with van der Waals surface area (Å²) in [6.07, 6.45) is -9.21. The van der Waals surface area contributed by atoms with E-state index in [1.807, 2.05) is 13.8 Å². The zero-order valence-electron chi connectivity index (χ0n) is 32.7. The Hall–Kier alpha value is -6.18. The molecule has 2 atom stereocenters. The molecule has 326 valence electrons. The largest absolute Gasteiger partial charge is 0.479 e. The fourth-order valence-corrected chi connectivity index (χ4v) is 6.14. The Kier molecular flexibility index (Phi) is 16.3. The van der Waals surface area contributed by atoms with Gasteiger partial charge in [-0.3, -0.25) is 9.59 Å². The van der Waals surface area contributed by atoms with Gasteiger partial charge in [0.1, 0.15) is 12.4 Å². The molecule has 0 aliphatic rings. The summed E-state index contributed by atoms with van der Waals surface area (Å²) in [5.74, 6) is -8.62. The molecule has 0 fully saturated rings. The predicted molar refractivity (Wildman–Crippen MR) is 207 cm³/mol. The Balaban J connectivity index is 0.000000727. The molecule has 2 unspecified atom stereocenters. The number of aliphatic hydroxyl groups excluding tert-OH is 2. The Morgan fingerprint density at radius 1 is 0.754 bits per heavy atom. The number of aryl methyl sites for hydroxylation is 2. The summed E-state index contributed by atoms with van der Waals surface area (Å²) >= 11 is 0. The van der Waals surface area contributed by atoms with Gasteiger partial charge in [-0.1, -0.05) is 62.4 Å². The number of aliphatic hydroxyl groups is 2. The molecule has 0 spiro atoms. The van der Waals surface area contributed by atoms with Gasteiger partial charge in [0, 0.05) is 32.1 Å². The van der Waals surface area contributed by atoms with E-state index in [9.17, 15) is 49.9 Å². The number of nitrogens with zero attached hydrogens (tertiary/aromatic N) is 4. The van der Waals surface area contributed by atoms with Crippen molar-refractivity contribution in [2.75, 3.05) is 26.2 Å². The molecule has 5 aromatic rings. The van der Waals surface area contributed by atoms with Crippen LogP contribution < -0.4 is 5.56 Å². The number of hydrogen-bond donors (Lipinski definition) is 4. The van der Waals surface area contributed by atoms with E-state index >= 15 is 0 Å². The topological polar surface area (TPSA) is 174 Å². The molecule has 61 heavy (non-hydrogen) atoms. The van der Waals surface area contributed by atoms with Crippen molar-refractivity contribution in [3.8, 4) is 11.1 Å². The van der Waals surface area contributed by atoms with Crippen molar-refractivity contribution >= 4 is 28.7 Å². The number of carbonyl (C=O) groups excluding carboxylic acids is 1. The van der Waals surface area contributed by atoms with Crippen LogP contribution in [0, 0.1) is 23.3 Å². The molecule has 1 amide bonds. The smallest absolute Gasteiger partial charge is 0.416 e. The van der Waals surface area contributed by atoms with Gasteiger partial charge >= 0.3 is 18.1 Å². The van der Waals surface area contributed by atoms with Crippen molar-refractivity contribution in [3.63, 3.8) is 0 Å². The van der Waals surface area contributed by atoms with Crippen molar-refractivity contribution in [2.45, 2.75) is 58.2 Å². The normalized spacial score (nSPS) is 12.5. The number of aliphatic carboxylic acids is 2. The van der Waals surface area contributed by atoms with E-state index < -0.39 is 77.2 Å². The van der Waals surface area contributed by atoms with Crippen LogP contribution in [0.2, 0.25) is 0 Å². The van der Waals surface area contributed by atoms with Crippen molar-refractivity contribution in [1.29, 1.82) is 0 Å². The van der Waals surface area contributed by atoms with Crippen LogP contribution in [0.3, 0.4) is 0 Å². The minimum atomic E-state index is -4.45. The van der Waals surface area contributed by atoms with Crippen molar-refractivity contribution in [3.05, 3.63) is 135 Å². The third-order valence-corrected chi connectivity index (χ3v) is 9.66. The number of benzene rings is 4. The van der Waals surface area contributed by atoms with Gasteiger partial charge in [-0.05, 0) is 66.0 Å². The number of alkyl halides is 3. The molecule has 0 saturated heterocycles. The van der Waals surface area contributed by atoms with Gasteiger partial charge in [-0.2, -0.15) is 18.2 Å². The molecule has 12 nitrogen and oxygen atoms in total. The number of amides is 1. The number of carbonyl (C=O) groups is 3. The fraction of sp³-hybridized carbons (Fsp3) is 0.310. The van der Waals surface area contributed by atoms with Crippen LogP contribution in [0.25, 0.3) is 22.0 Å². The molecule has 4 N–H and O–H groups in total. The highest BCUT2D eigenvalue weighted by molar-refractivity contribution is 5.83. The van der Waals surface area contributed by atoms with Gasteiger partial charge in [0.15, 0.2) is 35.5 Å². The quantitative estimate of drug-likeness (QED) is 0.0906. The number of fused-ring (bicyclic) bond motifs is 1. The Morgan fingerprint density at radius 2 is 1.31 bits per heavy atom. The summed E-state index contributed by atoms with van der Waals surface area (Å²) in [5, 5.41) is 32.3. The molecule has 19 heteroatoms. The number of likely N-dealkylation sites (N-methyl/N-ethyl adjacent to an activating group) is 1. The SMILES string of the molecule is CCN(CC)CCN(Cc1ccc(-c2ccc(C(F)(F)F)cc2)cc1)C(=O)Cn1c(CCc2cccc(F)c2F)nc(=O)c2cc(F)c(F)cc21.O=C(O)C(O)C(O)C(=O)O. The van der Waals surface area contributed by atoms with Gasteiger partial charge in [0.05, 0.1) is 16.5 Å². The number of rotatable bonds is 16. The van der Waals surface area contributed by atoms with Crippen LogP contribution in [0.5, 0.6) is 0 Å². The van der Waals surface area contributed by atoms with E-state index in [0.29, 0.717) is 23.7 Å². The Morgan fingerprint density at radius 3 is 1.85 bits per heavy atom. The molecule has 0 aliphatic carbocycles. The van der Waals surface area contributed by atoms with Gasteiger partial charge in [-0.15, -0.1) is 0 Å². The molecular formula is C42H41F7N4O8. The molecule has 1 heterocycles. The summed E-state index contributed by atoms with van der Waals surface area (Å²) in [5.41, 5.74) is 0.275. The first-order chi connectivity index (χ1) is 28.7. The molecule has 0 bridgehead atoms. The minimum absolute atomic E-state index is 0.0000989. The second-order valence-electron chi connectivity index (χ2n) is 13.6. The van der Waals surface area contributed by atoms with Gasteiger partial charge < -0.3 is 34.8 Å². The average molecular weight is 863 g/mol. The van der Waals surface area contributed by atoms with Crippen molar-refractivity contribution in [2.24, 2.45) is 0 Å². The third kappa shape index (κ3) is 12.4. The van der Waals surface area contributed by atoms with Gasteiger partial charge in [0.2, 0.25) is 5.91 Å². The standard InChI is InChI=1S/C38H35F7N4O2.C4H6O6/c1-3-47(4-2)18-19-48(22-24-8-10-25(11-9-24)26-12-15-28(16-13-26)38(43,44)45)35(50)23-49-33-21-32(41)31(40)20-29(33)37(51)46-34(49)17-14-27-6-5-7-30(39)36(27)42;5-1(3(7)8)2(6)4(9)10/h5-13,15-16,20-21H,3-4,14,17-19,22-23H2,1-2H3;1-2,5-6H,(H,7,8)(H,9,10). The Bertz CT molecular complexity index is 2370. The second-order valence-corrected chi connectivity index (χ2v) is 13.6. The summed E-state index contributed by atoms with van der Waals surface area (Å²) in [7, 11) is 0. The number of carboxylic acids is 2. The molecular weight excluding hydrogens is 821 g/mol. The van der Waals surface area contributed by atoms with E-state index in [1.165, 1.54) is 28.8 Å². The van der Waals surface area contributed by atoms with Crippen LogP contribution in [-0.2, 0) is 46.5 Å². The maximum absolute atomic E-state index is 14.6. The molecule has 5 rings (SSSR count). The summed E-state index contributed by atoms with van der Waals surface area (Å²) in [6.45, 7) is 5.89. The van der Waals surface area contributed by atoms with Crippen LogP contribution in [0.15, 0.2) is 83.7 Å². The number of carboxylic acid groups (broad SMARTS) is 2. The average Bonchev–Trinajstić information content (AvgIpc) is 3.22. The maximum atomic E-state index is 14.6. The zero-order valence-corrected chi connectivity index (χ0v) is 32.7. The van der Waals surface area contributed by atoms with Crippen LogP contribution in [-0.4, -0.2) is 96.0 Å². The van der Waals surface area contributed by atoms with E-state index in [1.54, 1.807) is 29.2 Å². The molecule has 0 radical (unpaired) electrons. The molecule has 1 aromatic heterocycles. The predicted octanol–water partition coefficient (Wildman–Crippen LogP) is 5.67. The monoisotopic (exact) mass is 862 g/mol. The first-order valence-electron chi connectivity index (χ1n) is 18.6. The maximum Gasteiger partial charge on any atom is 0.416 e. The highest BCUT2D eigenvalue weighted by atomic mass is 19.4. The van der Waals surface area contributed by atoms with Gasteiger partial charge in [-0.25, -0.2) is 27.2 Å². The number of halogens is 7. The van der Waals surface area contributed by atoms with Crippen LogP contribution in [0.1, 0.15) is 36.4 Å². The Labute approximate surface area is 343 Å². The highest BCUT2D eigenvalue weighted by Gasteiger charge is 2.30. The second kappa shape index (κ2) is 20.9. The van der Waals surface area contributed by atoms with Crippen LogP contribution >= 0.6 is 0 Å². The lowest BCUT2D eigenvalue weighted by Gasteiger charge is -2.28. The lowest BCUT2D eigenvalue weighted by molar-refractivity contribution is -0.165. The van der Waals surface area contributed by atoms with E-state index in [4.69, 9.17) is 20.4 Å². The minimum Gasteiger partial charge on any atom is -0.479 e. The first kappa shape index (κ1) is 47.5. The van der Waals surface area contributed by atoms with E-state index in [0.717, 1.165) is 42.9 Å². The molecule has 0 aliphatic heterocycles. The summed E-state index contributed by atoms with van der Waals surface area (Å²) in [6, 6.07) is 17.0. The lowest BCUT2D eigenvalue weighted by Crippen LogP contribution is -2.40. The molecule has 4 aromatic carbocycles. The lowest BCUT2D eigenvalue weighted by atomic mass is 10.0. The fourth-order valence-electron chi connectivity index (χ4n) is 6.14. The van der Waals surface area contributed by atoms with E-state index in [-0.39, 0.29) is 48.2 Å². The summed E-state index contributed by atoms with van der Waals surface area (Å²) < 4.78 is 97.6.